The predicted molar refractivity (Wildman–Crippen MR) is 84.5 cm³/mol. The Hall–Kier alpha value is -2.40. The molecule has 1 amide bonds. The number of hydrogen-bond donors (Lipinski definition) is 3. The van der Waals surface area contributed by atoms with Gasteiger partial charge in [0.2, 0.25) is 5.91 Å². The minimum absolute atomic E-state index is 0.0194. The maximum absolute atomic E-state index is 11.4. The standard InChI is InChI=1S/C15H14ClN3O2/c1-21-14-3-2-9(6-10(14)16)18-13-7-12-8(4-11(13)17)5-15(20)19-12/h2-4,6-7,18H,5,17H2,1H3,(H,19,20). The first-order valence-electron chi connectivity index (χ1n) is 6.39. The van der Waals surface area contributed by atoms with Gasteiger partial charge in [-0.05, 0) is 35.9 Å². The molecule has 0 radical (unpaired) electrons. The van der Waals surface area contributed by atoms with Crippen LogP contribution in [0.15, 0.2) is 30.3 Å². The molecule has 1 heterocycles. The summed E-state index contributed by atoms with van der Waals surface area (Å²) >= 11 is 6.10. The minimum Gasteiger partial charge on any atom is -0.495 e. The fourth-order valence-electron chi connectivity index (χ4n) is 2.30. The molecular weight excluding hydrogens is 290 g/mol. The molecule has 0 unspecified atom stereocenters. The number of anilines is 4. The van der Waals surface area contributed by atoms with Crippen molar-refractivity contribution in [3.8, 4) is 5.75 Å². The number of carbonyl (C=O) groups excluding carboxylic acids is 1. The lowest BCUT2D eigenvalue weighted by atomic mass is 10.1. The van der Waals surface area contributed by atoms with Gasteiger partial charge in [-0.3, -0.25) is 4.79 Å². The van der Waals surface area contributed by atoms with Crippen molar-refractivity contribution in [1.82, 2.24) is 0 Å². The molecule has 3 rings (SSSR count). The quantitative estimate of drug-likeness (QED) is 0.761. The summed E-state index contributed by atoms with van der Waals surface area (Å²) < 4.78 is 5.11. The Morgan fingerprint density at radius 2 is 2.14 bits per heavy atom. The summed E-state index contributed by atoms with van der Waals surface area (Å²) in [5.74, 6) is 0.588. The lowest BCUT2D eigenvalue weighted by Gasteiger charge is -2.12. The van der Waals surface area contributed by atoms with Gasteiger partial charge in [0.05, 0.1) is 29.9 Å². The maximum atomic E-state index is 11.4. The van der Waals surface area contributed by atoms with Gasteiger partial charge in [-0.1, -0.05) is 11.6 Å². The minimum atomic E-state index is -0.0194. The Labute approximate surface area is 127 Å². The van der Waals surface area contributed by atoms with Crippen molar-refractivity contribution in [1.29, 1.82) is 0 Å². The fraction of sp³-hybridized carbons (Fsp3) is 0.133. The zero-order valence-corrected chi connectivity index (χ0v) is 12.1. The summed E-state index contributed by atoms with van der Waals surface area (Å²) in [4.78, 5) is 11.4. The first kappa shape index (κ1) is 13.6. The second-order valence-electron chi connectivity index (χ2n) is 4.80. The van der Waals surface area contributed by atoms with Crippen molar-refractivity contribution >= 4 is 40.3 Å². The number of nitrogens with one attached hydrogen (secondary N) is 2. The van der Waals surface area contributed by atoms with Crippen LogP contribution in [0.5, 0.6) is 5.75 Å². The van der Waals surface area contributed by atoms with E-state index in [2.05, 4.69) is 10.6 Å². The highest BCUT2D eigenvalue weighted by Gasteiger charge is 2.19. The van der Waals surface area contributed by atoms with Gasteiger partial charge in [0.1, 0.15) is 5.75 Å². The van der Waals surface area contributed by atoms with Crippen molar-refractivity contribution in [3.63, 3.8) is 0 Å². The second kappa shape index (κ2) is 5.18. The molecule has 0 bridgehead atoms. The largest absolute Gasteiger partial charge is 0.495 e. The molecule has 4 N–H and O–H groups in total. The Bertz CT molecular complexity index is 731. The number of benzene rings is 2. The van der Waals surface area contributed by atoms with Gasteiger partial charge in [0, 0.05) is 11.4 Å². The smallest absolute Gasteiger partial charge is 0.228 e. The molecule has 1 aliphatic heterocycles. The number of hydrogen-bond acceptors (Lipinski definition) is 4. The number of halogens is 1. The maximum Gasteiger partial charge on any atom is 0.228 e. The fourth-order valence-corrected chi connectivity index (χ4v) is 2.56. The third kappa shape index (κ3) is 2.60. The summed E-state index contributed by atoms with van der Waals surface area (Å²) in [6.07, 6.45) is 0.369. The van der Waals surface area contributed by atoms with E-state index >= 15 is 0 Å². The van der Waals surface area contributed by atoms with Crippen molar-refractivity contribution < 1.29 is 9.53 Å². The molecule has 0 saturated carbocycles. The van der Waals surface area contributed by atoms with Crippen LogP contribution in [0.3, 0.4) is 0 Å². The number of nitrogens with two attached hydrogens (primary N) is 1. The topological polar surface area (TPSA) is 76.4 Å². The lowest BCUT2D eigenvalue weighted by molar-refractivity contribution is -0.115. The van der Waals surface area contributed by atoms with Crippen LogP contribution in [0.4, 0.5) is 22.7 Å². The molecule has 5 nitrogen and oxygen atoms in total. The first-order chi connectivity index (χ1) is 10.1. The van der Waals surface area contributed by atoms with Crippen LogP contribution < -0.4 is 21.1 Å². The zero-order valence-electron chi connectivity index (χ0n) is 11.4. The van der Waals surface area contributed by atoms with E-state index in [1.807, 2.05) is 12.1 Å². The SMILES string of the molecule is COc1ccc(Nc2cc3c(cc2N)CC(=O)N3)cc1Cl. The van der Waals surface area contributed by atoms with Gasteiger partial charge in [0.15, 0.2) is 0 Å². The van der Waals surface area contributed by atoms with Gasteiger partial charge in [-0.15, -0.1) is 0 Å². The Balaban J connectivity index is 1.90. The number of ether oxygens (including phenoxy) is 1. The molecule has 0 spiro atoms. The number of amides is 1. The van der Waals surface area contributed by atoms with E-state index in [9.17, 15) is 4.79 Å². The molecule has 0 aliphatic carbocycles. The van der Waals surface area contributed by atoms with E-state index in [1.54, 1.807) is 25.3 Å². The van der Waals surface area contributed by atoms with Crippen molar-refractivity contribution in [2.45, 2.75) is 6.42 Å². The number of carbonyl (C=O) groups is 1. The van der Waals surface area contributed by atoms with Crippen LogP contribution in [0, 0.1) is 0 Å². The average Bonchev–Trinajstić information content (AvgIpc) is 2.78. The van der Waals surface area contributed by atoms with Gasteiger partial charge < -0.3 is 21.1 Å². The second-order valence-corrected chi connectivity index (χ2v) is 5.20. The first-order valence-corrected chi connectivity index (χ1v) is 6.77. The number of methoxy groups -OCH3 is 1. The predicted octanol–water partition coefficient (Wildman–Crippen LogP) is 3.17. The van der Waals surface area contributed by atoms with Crippen LogP contribution in [0.25, 0.3) is 0 Å². The average molecular weight is 304 g/mol. The Morgan fingerprint density at radius 3 is 2.86 bits per heavy atom. The van der Waals surface area contributed by atoms with E-state index in [4.69, 9.17) is 22.1 Å². The van der Waals surface area contributed by atoms with Gasteiger partial charge in [-0.2, -0.15) is 0 Å². The van der Waals surface area contributed by atoms with E-state index < -0.39 is 0 Å². The number of rotatable bonds is 3. The molecular formula is C15H14ClN3O2. The molecule has 6 heteroatoms. The molecule has 2 aromatic carbocycles. The molecule has 21 heavy (non-hydrogen) atoms. The molecule has 0 atom stereocenters. The normalized spacial score (nSPS) is 12.8. The molecule has 0 aromatic heterocycles. The Morgan fingerprint density at radius 1 is 1.33 bits per heavy atom. The van der Waals surface area contributed by atoms with Crippen LogP contribution >= 0.6 is 11.6 Å². The van der Waals surface area contributed by atoms with Gasteiger partial charge in [-0.25, -0.2) is 0 Å². The van der Waals surface area contributed by atoms with E-state index in [0.717, 1.165) is 22.6 Å². The zero-order chi connectivity index (χ0) is 15.0. The monoisotopic (exact) mass is 303 g/mol. The summed E-state index contributed by atoms with van der Waals surface area (Å²) in [5, 5.41) is 6.50. The number of fused-ring (bicyclic) bond motifs is 1. The van der Waals surface area contributed by atoms with Crippen LogP contribution in [0.1, 0.15) is 5.56 Å². The van der Waals surface area contributed by atoms with E-state index in [-0.39, 0.29) is 5.91 Å². The molecule has 1 aliphatic rings. The Kier molecular flexibility index (Phi) is 3.35. The van der Waals surface area contributed by atoms with E-state index in [1.165, 1.54) is 0 Å². The number of nitrogen functional groups attached to an aromatic ring is 1. The third-order valence-electron chi connectivity index (χ3n) is 3.33. The molecule has 2 aromatic rings. The summed E-state index contributed by atoms with van der Waals surface area (Å²) in [6, 6.07) is 9.01. The van der Waals surface area contributed by atoms with Gasteiger partial charge in [0.25, 0.3) is 0 Å². The molecule has 0 saturated heterocycles. The third-order valence-corrected chi connectivity index (χ3v) is 3.63. The van der Waals surface area contributed by atoms with Crippen LogP contribution in [-0.4, -0.2) is 13.0 Å². The highest BCUT2D eigenvalue weighted by atomic mass is 35.5. The van der Waals surface area contributed by atoms with E-state index in [0.29, 0.717) is 22.9 Å². The highest BCUT2D eigenvalue weighted by molar-refractivity contribution is 6.32. The van der Waals surface area contributed by atoms with Crippen molar-refractivity contribution in [2.75, 3.05) is 23.5 Å². The van der Waals surface area contributed by atoms with Gasteiger partial charge >= 0.3 is 0 Å². The summed E-state index contributed by atoms with van der Waals surface area (Å²) in [6.45, 7) is 0. The summed E-state index contributed by atoms with van der Waals surface area (Å²) in [7, 11) is 1.56. The van der Waals surface area contributed by atoms with Crippen molar-refractivity contribution in [2.24, 2.45) is 0 Å². The summed E-state index contributed by atoms with van der Waals surface area (Å²) in [5.41, 5.74) is 9.81. The van der Waals surface area contributed by atoms with Crippen LogP contribution in [0.2, 0.25) is 5.02 Å². The van der Waals surface area contributed by atoms with Crippen molar-refractivity contribution in [3.05, 3.63) is 40.9 Å². The highest BCUT2D eigenvalue weighted by Crippen LogP contribution is 2.34. The lowest BCUT2D eigenvalue weighted by Crippen LogP contribution is -2.03. The van der Waals surface area contributed by atoms with Crippen LogP contribution in [-0.2, 0) is 11.2 Å². The molecule has 0 fully saturated rings. The molecule has 108 valence electrons.